The highest BCUT2D eigenvalue weighted by Crippen LogP contribution is 2.36. The normalized spacial score (nSPS) is 23.5. The van der Waals surface area contributed by atoms with Crippen LogP contribution < -0.4 is 10.2 Å². The summed E-state index contributed by atoms with van der Waals surface area (Å²) in [7, 11) is 0. The average molecular weight is 299 g/mol. The first-order chi connectivity index (χ1) is 9.06. The molecule has 1 aromatic carbocycles. The van der Waals surface area contributed by atoms with E-state index in [0.29, 0.717) is 15.7 Å². The molecule has 1 saturated heterocycles. The molecule has 0 bridgehead atoms. The van der Waals surface area contributed by atoms with E-state index in [4.69, 9.17) is 23.2 Å². The third-order valence-electron chi connectivity index (χ3n) is 3.46. The van der Waals surface area contributed by atoms with Gasteiger partial charge in [0.15, 0.2) is 0 Å². The molecule has 4 nitrogen and oxygen atoms in total. The standard InChI is InChI=1S/C13H12Cl2N2O2/c14-9-4-3-8(5-10(9)15)17-6-11(18)16-12(13(17)19)7-1-2-7/h3-5,7,12H,1-2,6H2,(H,16,18). The molecule has 100 valence electrons. The molecule has 1 aromatic rings. The van der Waals surface area contributed by atoms with Crippen LogP contribution in [0.5, 0.6) is 0 Å². The molecule has 2 amide bonds. The van der Waals surface area contributed by atoms with Gasteiger partial charge in [0.25, 0.3) is 0 Å². The molecule has 0 aromatic heterocycles. The monoisotopic (exact) mass is 298 g/mol. The number of piperazine rings is 1. The Labute approximate surface area is 120 Å². The van der Waals surface area contributed by atoms with Gasteiger partial charge in [0.2, 0.25) is 11.8 Å². The lowest BCUT2D eigenvalue weighted by Crippen LogP contribution is -2.59. The van der Waals surface area contributed by atoms with Gasteiger partial charge < -0.3 is 10.2 Å². The number of amides is 2. The number of carbonyl (C=O) groups is 2. The summed E-state index contributed by atoms with van der Waals surface area (Å²) in [5.41, 5.74) is 0.611. The van der Waals surface area contributed by atoms with E-state index in [9.17, 15) is 9.59 Å². The first kappa shape index (κ1) is 12.8. The Balaban J connectivity index is 1.91. The maximum absolute atomic E-state index is 12.4. The van der Waals surface area contributed by atoms with Gasteiger partial charge in [-0.25, -0.2) is 0 Å². The van der Waals surface area contributed by atoms with E-state index in [1.807, 2.05) is 0 Å². The van der Waals surface area contributed by atoms with Crippen LogP contribution in [0.15, 0.2) is 18.2 Å². The number of halogens is 2. The summed E-state index contributed by atoms with van der Waals surface area (Å²) in [5.74, 6) is 0.0742. The van der Waals surface area contributed by atoms with Gasteiger partial charge in [-0.05, 0) is 37.0 Å². The molecule has 1 aliphatic heterocycles. The minimum Gasteiger partial charge on any atom is -0.342 e. The van der Waals surface area contributed by atoms with Crippen molar-refractivity contribution in [1.82, 2.24) is 5.32 Å². The van der Waals surface area contributed by atoms with Crippen molar-refractivity contribution >= 4 is 40.7 Å². The van der Waals surface area contributed by atoms with E-state index in [2.05, 4.69) is 5.32 Å². The van der Waals surface area contributed by atoms with Crippen LogP contribution in [0.4, 0.5) is 5.69 Å². The molecule has 3 rings (SSSR count). The van der Waals surface area contributed by atoms with E-state index < -0.39 is 6.04 Å². The molecule has 1 unspecified atom stereocenters. The minimum atomic E-state index is -0.393. The van der Waals surface area contributed by atoms with Crippen LogP contribution in [-0.2, 0) is 9.59 Å². The molecule has 0 spiro atoms. The van der Waals surface area contributed by atoms with Gasteiger partial charge in [-0.15, -0.1) is 0 Å². The third kappa shape index (κ3) is 2.42. The van der Waals surface area contributed by atoms with Gasteiger partial charge in [-0.1, -0.05) is 23.2 Å². The lowest BCUT2D eigenvalue weighted by molar-refractivity contribution is -0.131. The summed E-state index contributed by atoms with van der Waals surface area (Å²) in [6.07, 6.45) is 1.98. The van der Waals surface area contributed by atoms with Gasteiger partial charge in [0.05, 0.1) is 10.0 Å². The second-order valence-electron chi connectivity index (χ2n) is 4.91. The van der Waals surface area contributed by atoms with Gasteiger partial charge in [0.1, 0.15) is 12.6 Å². The van der Waals surface area contributed by atoms with Gasteiger partial charge in [0, 0.05) is 5.69 Å². The Morgan fingerprint density at radius 2 is 1.89 bits per heavy atom. The van der Waals surface area contributed by atoms with Crippen LogP contribution in [0.3, 0.4) is 0 Å². The van der Waals surface area contributed by atoms with E-state index in [0.717, 1.165) is 12.8 Å². The van der Waals surface area contributed by atoms with Crippen molar-refractivity contribution in [3.05, 3.63) is 28.2 Å². The Morgan fingerprint density at radius 1 is 1.16 bits per heavy atom. The van der Waals surface area contributed by atoms with Crippen LogP contribution in [-0.4, -0.2) is 24.4 Å². The van der Waals surface area contributed by atoms with Gasteiger partial charge >= 0.3 is 0 Å². The highest BCUT2D eigenvalue weighted by molar-refractivity contribution is 6.42. The number of anilines is 1. The first-order valence-electron chi connectivity index (χ1n) is 6.12. The zero-order valence-electron chi connectivity index (χ0n) is 10.0. The predicted molar refractivity (Wildman–Crippen MR) is 73.5 cm³/mol. The number of nitrogens with one attached hydrogen (secondary N) is 1. The zero-order valence-corrected chi connectivity index (χ0v) is 11.5. The summed E-state index contributed by atoms with van der Waals surface area (Å²) in [6.45, 7) is 0.0278. The number of hydrogen-bond acceptors (Lipinski definition) is 2. The van der Waals surface area contributed by atoms with Gasteiger partial charge in [-0.2, -0.15) is 0 Å². The smallest absolute Gasteiger partial charge is 0.250 e. The Bertz CT molecular complexity index is 558. The average Bonchev–Trinajstić information content (AvgIpc) is 3.19. The van der Waals surface area contributed by atoms with Gasteiger partial charge in [-0.3, -0.25) is 9.59 Å². The van der Waals surface area contributed by atoms with E-state index in [1.165, 1.54) is 4.90 Å². The van der Waals surface area contributed by atoms with Crippen molar-refractivity contribution in [3.63, 3.8) is 0 Å². The van der Waals surface area contributed by atoms with Crippen LogP contribution in [0.2, 0.25) is 10.0 Å². The minimum absolute atomic E-state index is 0.0278. The molecule has 2 fully saturated rings. The topological polar surface area (TPSA) is 49.4 Å². The number of benzene rings is 1. The molecule has 19 heavy (non-hydrogen) atoms. The van der Waals surface area contributed by atoms with E-state index >= 15 is 0 Å². The maximum Gasteiger partial charge on any atom is 0.250 e. The fourth-order valence-corrected chi connectivity index (χ4v) is 2.58. The van der Waals surface area contributed by atoms with Crippen molar-refractivity contribution in [2.75, 3.05) is 11.4 Å². The number of nitrogens with zero attached hydrogens (tertiary/aromatic N) is 1. The van der Waals surface area contributed by atoms with Crippen molar-refractivity contribution < 1.29 is 9.59 Å². The molecular formula is C13H12Cl2N2O2. The summed E-state index contributed by atoms with van der Waals surface area (Å²) in [4.78, 5) is 25.6. The Hall–Kier alpha value is -1.26. The lowest BCUT2D eigenvalue weighted by atomic mass is 10.1. The second kappa shape index (κ2) is 4.69. The van der Waals surface area contributed by atoms with E-state index in [1.54, 1.807) is 18.2 Å². The molecule has 0 radical (unpaired) electrons. The summed E-state index contributed by atoms with van der Waals surface area (Å²) >= 11 is 11.8. The molecule has 6 heteroatoms. The highest BCUT2D eigenvalue weighted by Gasteiger charge is 2.43. The number of rotatable bonds is 2. The number of carbonyl (C=O) groups excluding carboxylic acids is 2. The quantitative estimate of drug-likeness (QED) is 0.910. The van der Waals surface area contributed by atoms with Crippen molar-refractivity contribution in [3.8, 4) is 0 Å². The molecule has 2 aliphatic rings. The molecule has 1 saturated carbocycles. The fourth-order valence-electron chi connectivity index (χ4n) is 2.29. The van der Waals surface area contributed by atoms with Crippen molar-refractivity contribution in [2.45, 2.75) is 18.9 Å². The van der Waals surface area contributed by atoms with Crippen LogP contribution in [0.25, 0.3) is 0 Å². The molecule has 1 aliphatic carbocycles. The summed E-state index contributed by atoms with van der Waals surface area (Å²) in [5, 5.41) is 3.57. The molecule has 1 N–H and O–H groups in total. The zero-order chi connectivity index (χ0) is 13.6. The maximum atomic E-state index is 12.4. The second-order valence-corrected chi connectivity index (χ2v) is 5.72. The molecular weight excluding hydrogens is 287 g/mol. The first-order valence-corrected chi connectivity index (χ1v) is 6.87. The molecule has 1 heterocycles. The number of hydrogen-bond donors (Lipinski definition) is 1. The third-order valence-corrected chi connectivity index (χ3v) is 4.20. The van der Waals surface area contributed by atoms with Crippen LogP contribution in [0.1, 0.15) is 12.8 Å². The van der Waals surface area contributed by atoms with Crippen LogP contribution in [0, 0.1) is 5.92 Å². The summed E-state index contributed by atoms with van der Waals surface area (Å²) in [6, 6.07) is 4.56. The van der Waals surface area contributed by atoms with E-state index in [-0.39, 0.29) is 24.3 Å². The Kier molecular flexibility index (Phi) is 3.15. The molecule has 1 atom stereocenters. The summed E-state index contributed by atoms with van der Waals surface area (Å²) < 4.78 is 0. The van der Waals surface area contributed by atoms with Crippen LogP contribution >= 0.6 is 23.2 Å². The SMILES string of the molecule is O=C1CN(c2ccc(Cl)c(Cl)c2)C(=O)C(C2CC2)N1. The lowest BCUT2D eigenvalue weighted by Gasteiger charge is -2.32. The van der Waals surface area contributed by atoms with Crippen molar-refractivity contribution in [2.24, 2.45) is 5.92 Å². The largest absolute Gasteiger partial charge is 0.342 e. The fraction of sp³-hybridized carbons (Fsp3) is 0.385. The predicted octanol–water partition coefficient (Wildman–Crippen LogP) is 2.23. The highest BCUT2D eigenvalue weighted by atomic mass is 35.5. The van der Waals surface area contributed by atoms with Crippen molar-refractivity contribution in [1.29, 1.82) is 0 Å². The Morgan fingerprint density at radius 3 is 2.53 bits per heavy atom.